The fourth-order valence-electron chi connectivity index (χ4n) is 3.21. The molecule has 19 heavy (non-hydrogen) atoms. The summed E-state index contributed by atoms with van der Waals surface area (Å²) >= 11 is 0. The van der Waals surface area contributed by atoms with Gasteiger partial charge >= 0.3 is 6.03 Å². The van der Waals surface area contributed by atoms with Gasteiger partial charge in [0.05, 0.1) is 0 Å². The number of rotatable bonds is 2. The fraction of sp³-hybridized carbons (Fsp3) is 0.857. The predicted molar refractivity (Wildman–Crippen MR) is 73.8 cm³/mol. The number of imide groups is 1. The van der Waals surface area contributed by atoms with Crippen LogP contribution in [0.15, 0.2) is 0 Å². The maximum absolute atomic E-state index is 12.7. The smallest absolute Gasteiger partial charge is 0.312 e. The summed E-state index contributed by atoms with van der Waals surface area (Å²) in [6.45, 7) is 9.89. The molecule has 0 saturated carbocycles. The summed E-state index contributed by atoms with van der Waals surface area (Å²) in [6.07, 6.45) is 1.49. The topological polar surface area (TPSA) is 43.9 Å². The minimum Gasteiger partial charge on any atom is -0.312 e. The number of carbonyl (C=O) groups is 2. The zero-order chi connectivity index (χ0) is 14.4. The largest absolute Gasteiger partial charge is 0.327 e. The van der Waals surface area contributed by atoms with Crippen molar-refractivity contribution in [3.63, 3.8) is 0 Å². The zero-order valence-corrected chi connectivity index (χ0v) is 12.6. The van der Waals surface area contributed by atoms with Crippen LogP contribution in [0.2, 0.25) is 0 Å². The molecule has 0 radical (unpaired) electrons. The molecule has 0 N–H and O–H groups in total. The van der Waals surface area contributed by atoms with E-state index >= 15 is 0 Å². The Balaban J connectivity index is 2.21. The molecule has 0 aromatic rings. The van der Waals surface area contributed by atoms with Gasteiger partial charge < -0.3 is 9.80 Å². The lowest BCUT2D eigenvalue weighted by Gasteiger charge is -2.42. The van der Waals surface area contributed by atoms with Crippen LogP contribution in [0.3, 0.4) is 0 Å². The van der Waals surface area contributed by atoms with Crippen molar-refractivity contribution in [3.05, 3.63) is 0 Å². The minimum absolute atomic E-state index is 0.00148. The van der Waals surface area contributed by atoms with Gasteiger partial charge in [0.2, 0.25) is 0 Å². The van der Waals surface area contributed by atoms with Crippen LogP contribution in [0.4, 0.5) is 4.79 Å². The van der Waals surface area contributed by atoms with Crippen LogP contribution in [0.1, 0.15) is 40.5 Å². The summed E-state index contributed by atoms with van der Waals surface area (Å²) in [5.74, 6) is -0.00148. The molecular weight excluding hydrogens is 242 g/mol. The molecule has 0 aromatic carbocycles. The number of urea groups is 1. The quantitative estimate of drug-likeness (QED) is 0.713. The highest BCUT2D eigenvalue weighted by molar-refractivity contribution is 6.07. The van der Waals surface area contributed by atoms with Crippen LogP contribution in [0.25, 0.3) is 0 Å². The van der Waals surface area contributed by atoms with Gasteiger partial charge in [0.1, 0.15) is 5.54 Å². The van der Waals surface area contributed by atoms with Crippen molar-refractivity contribution in [2.75, 3.05) is 20.1 Å². The Bertz CT molecular complexity index is 384. The second-order valence-electron chi connectivity index (χ2n) is 6.27. The Morgan fingerprint density at radius 3 is 1.89 bits per heavy atom. The molecule has 2 aliphatic heterocycles. The molecule has 0 aromatic heterocycles. The van der Waals surface area contributed by atoms with Crippen molar-refractivity contribution in [1.29, 1.82) is 0 Å². The van der Waals surface area contributed by atoms with E-state index < -0.39 is 5.54 Å². The van der Waals surface area contributed by atoms with E-state index in [1.807, 2.05) is 13.8 Å². The van der Waals surface area contributed by atoms with E-state index in [4.69, 9.17) is 0 Å². The van der Waals surface area contributed by atoms with Crippen LogP contribution < -0.4 is 0 Å². The molecule has 5 heteroatoms. The van der Waals surface area contributed by atoms with Crippen molar-refractivity contribution in [3.8, 4) is 0 Å². The zero-order valence-electron chi connectivity index (χ0n) is 12.6. The Morgan fingerprint density at radius 2 is 1.53 bits per heavy atom. The molecule has 108 valence electrons. The number of piperidine rings is 1. The molecule has 5 nitrogen and oxygen atoms in total. The number of hydrogen-bond donors (Lipinski definition) is 0. The summed E-state index contributed by atoms with van der Waals surface area (Å²) in [6, 6.07) is 0.291. The normalized spacial score (nSPS) is 24.4. The molecule has 2 aliphatic rings. The Morgan fingerprint density at radius 1 is 1.00 bits per heavy atom. The first-order valence-corrected chi connectivity index (χ1v) is 7.17. The van der Waals surface area contributed by atoms with Gasteiger partial charge in [0.25, 0.3) is 5.91 Å². The molecule has 3 amide bonds. The van der Waals surface area contributed by atoms with Gasteiger partial charge in [-0.05, 0) is 40.5 Å². The number of hydrogen-bond acceptors (Lipinski definition) is 3. The maximum Gasteiger partial charge on any atom is 0.327 e. The predicted octanol–water partition coefficient (Wildman–Crippen LogP) is 1.53. The second-order valence-corrected chi connectivity index (χ2v) is 6.27. The van der Waals surface area contributed by atoms with Crippen molar-refractivity contribution in [2.45, 2.75) is 58.2 Å². The van der Waals surface area contributed by atoms with Crippen LogP contribution >= 0.6 is 0 Å². The average Bonchev–Trinajstić information content (AvgIpc) is 2.53. The van der Waals surface area contributed by atoms with E-state index in [2.05, 4.69) is 18.7 Å². The maximum atomic E-state index is 12.7. The Kier molecular flexibility index (Phi) is 3.60. The van der Waals surface area contributed by atoms with Crippen LogP contribution in [0.5, 0.6) is 0 Å². The van der Waals surface area contributed by atoms with Gasteiger partial charge in [0, 0.05) is 32.2 Å². The monoisotopic (exact) mass is 267 g/mol. The van der Waals surface area contributed by atoms with E-state index in [1.54, 1.807) is 11.9 Å². The summed E-state index contributed by atoms with van der Waals surface area (Å²) < 4.78 is 0. The third kappa shape index (κ3) is 2.04. The fourth-order valence-corrected chi connectivity index (χ4v) is 3.21. The molecule has 0 atom stereocenters. The summed E-state index contributed by atoms with van der Waals surface area (Å²) in [7, 11) is 1.77. The Hall–Kier alpha value is -1.10. The first-order chi connectivity index (χ1) is 8.81. The highest BCUT2D eigenvalue weighted by Gasteiger charge is 2.57. The summed E-state index contributed by atoms with van der Waals surface area (Å²) in [5, 5.41) is 0. The number of amides is 3. The van der Waals surface area contributed by atoms with Crippen molar-refractivity contribution >= 4 is 11.9 Å². The van der Waals surface area contributed by atoms with E-state index in [-0.39, 0.29) is 18.0 Å². The third-order valence-electron chi connectivity index (χ3n) is 4.62. The average molecular weight is 267 g/mol. The molecule has 0 aliphatic carbocycles. The summed E-state index contributed by atoms with van der Waals surface area (Å²) in [5.41, 5.74) is -0.591. The van der Waals surface area contributed by atoms with Crippen LogP contribution in [-0.4, -0.2) is 64.4 Å². The van der Waals surface area contributed by atoms with E-state index in [0.717, 1.165) is 25.9 Å². The minimum atomic E-state index is -0.591. The second kappa shape index (κ2) is 4.78. The van der Waals surface area contributed by atoms with Gasteiger partial charge in [-0.3, -0.25) is 9.69 Å². The van der Waals surface area contributed by atoms with Crippen LogP contribution in [0, 0.1) is 0 Å². The van der Waals surface area contributed by atoms with E-state index in [1.165, 1.54) is 4.90 Å². The lowest BCUT2D eigenvalue weighted by molar-refractivity contribution is -0.136. The molecule has 1 spiro atoms. The molecule has 0 unspecified atom stereocenters. The molecule has 2 fully saturated rings. The van der Waals surface area contributed by atoms with Gasteiger partial charge in [-0.2, -0.15) is 0 Å². The third-order valence-corrected chi connectivity index (χ3v) is 4.62. The Labute approximate surface area is 115 Å². The van der Waals surface area contributed by atoms with Gasteiger partial charge in [-0.15, -0.1) is 0 Å². The molecule has 2 heterocycles. The van der Waals surface area contributed by atoms with E-state index in [9.17, 15) is 9.59 Å². The summed E-state index contributed by atoms with van der Waals surface area (Å²) in [4.78, 5) is 30.4. The first-order valence-electron chi connectivity index (χ1n) is 7.17. The number of carbonyl (C=O) groups excluding carboxylic acids is 2. The number of nitrogens with zero attached hydrogens (tertiary/aromatic N) is 3. The van der Waals surface area contributed by atoms with Crippen LogP contribution in [-0.2, 0) is 4.79 Å². The standard InChI is InChI=1S/C14H25N3O2/c1-10(2)16-8-6-14(7-9-16)12(18)17(11(3)4)13(19)15(14)5/h10-11H,6-9H2,1-5H3. The molecule has 2 saturated heterocycles. The highest BCUT2D eigenvalue weighted by Crippen LogP contribution is 2.37. The van der Waals surface area contributed by atoms with Gasteiger partial charge in [-0.25, -0.2) is 4.79 Å². The molecular formula is C14H25N3O2. The lowest BCUT2D eigenvalue weighted by Crippen LogP contribution is -2.56. The molecule has 2 rings (SSSR count). The van der Waals surface area contributed by atoms with E-state index in [0.29, 0.717) is 6.04 Å². The van der Waals surface area contributed by atoms with Crippen molar-refractivity contribution in [1.82, 2.24) is 14.7 Å². The first kappa shape index (κ1) is 14.3. The van der Waals surface area contributed by atoms with Gasteiger partial charge in [-0.1, -0.05) is 0 Å². The van der Waals surface area contributed by atoms with Crippen molar-refractivity contribution in [2.24, 2.45) is 0 Å². The lowest BCUT2D eigenvalue weighted by atomic mass is 9.85. The number of likely N-dealkylation sites (N-methyl/N-ethyl adjacent to an activating group) is 1. The van der Waals surface area contributed by atoms with Crippen molar-refractivity contribution < 1.29 is 9.59 Å². The molecule has 0 bridgehead atoms. The SMILES string of the molecule is CC(C)N1CCC2(CC1)C(=O)N(C(C)C)C(=O)N2C. The van der Waals surface area contributed by atoms with Gasteiger partial charge in [0.15, 0.2) is 0 Å². The highest BCUT2D eigenvalue weighted by atomic mass is 16.2. The number of likely N-dealkylation sites (tertiary alicyclic amines) is 1.